The van der Waals surface area contributed by atoms with Crippen LogP contribution in [0.3, 0.4) is 0 Å². The first kappa shape index (κ1) is 104. The lowest BCUT2D eigenvalue weighted by molar-refractivity contribution is -0.390. The molecule has 1 aliphatic heterocycles. The number of halogens is 12. The average Bonchev–Trinajstić information content (AvgIpc) is 1.70. The van der Waals surface area contributed by atoms with Crippen molar-refractivity contribution < 1.29 is 73.4 Å². The molecule has 40 heteroatoms. The highest BCUT2D eigenvalue weighted by Gasteiger charge is 2.52. The first-order valence-corrected chi connectivity index (χ1v) is 41.3. The minimum atomic E-state index is -1.19. The molecule has 0 aliphatic carbocycles. The van der Waals surface area contributed by atoms with Gasteiger partial charge in [-0.15, -0.1) is 0 Å². The molecule has 1 saturated heterocycles. The monoisotopic (exact) mass is 1980 g/mol. The summed E-state index contributed by atoms with van der Waals surface area (Å²) in [5.74, 6) is -5.35. The Morgan fingerprint density at radius 2 is 0.870 bits per heavy atom. The minimum absolute atomic E-state index is 0. The van der Waals surface area contributed by atoms with Gasteiger partial charge in [0.25, 0.3) is 6.48 Å². The molecule has 6 N–H and O–H groups in total. The molecule has 5 aromatic heterocycles. The molecule has 666 valence electrons. The summed E-state index contributed by atoms with van der Waals surface area (Å²) in [7, 11) is -0.570. The Kier molecular flexibility index (Phi) is 39.2. The van der Waals surface area contributed by atoms with Gasteiger partial charge in [0.1, 0.15) is 33.7 Å². The Hall–Kier alpha value is -9.65. The lowest BCUT2D eigenvalue weighted by Gasteiger charge is -2.32. The van der Waals surface area contributed by atoms with Crippen LogP contribution in [0.4, 0.5) is 69.4 Å². The third-order valence-corrected chi connectivity index (χ3v) is 19.2. The quantitative estimate of drug-likeness (QED) is 0.0192. The van der Waals surface area contributed by atoms with E-state index < -0.39 is 91.5 Å². The highest BCUT2D eigenvalue weighted by atomic mass is 79.9. The normalized spacial score (nSPS) is 12.5. The molecule has 0 unspecified atom stereocenters. The predicted molar refractivity (Wildman–Crippen MR) is 480 cm³/mol. The number of benzene rings is 7. The van der Waals surface area contributed by atoms with Gasteiger partial charge in [0.15, 0.2) is 28.9 Å². The van der Waals surface area contributed by atoms with Crippen LogP contribution < -0.4 is 27.6 Å². The number of nitro groups is 3. The predicted octanol–water partition coefficient (Wildman–Crippen LogP) is 23.1. The second kappa shape index (κ2) is 46.4. The molecule has 12 aromatic rings. The van der Waals surface area contributed by atoms with E-state index in [0.29, 0.717) is 90.5 Å². The van der Waals surface area contributed by atoms with Crippen molar-refractivity contribution in [1.82, 2.24) is 43.0 Å². The third-order valence-electron chi connectivity index (χ3n) is 17.4. The molecule has 1 aliphatic rings. The van der Waals surface area contributed by atoms with Crippen LogP contribution in [0.2, 0.25) is 0 Å². The zero-order valence-corrected chi connectivity index (χ0v) is 76.8. The molecule has 0 atom stereocenters. The van der Waals surface area contributed by atoms with Crippen molar-refractivity contribution in [2.75, 3.05) is 36.2 Å². The standard InChI is InChI=1S/C22H18F2N6.C16H22BFN2O2.C10H10BrFN2.2C9H10BrFN2O2.C7H16O3.C6H2BrF2NO2.C3H9N.CH4/c1-12(2)30-11-27-19-16(24)9-14(10-17(19)30)20-18(13-4-3-5-15(23)8-13)28-21(25)22-26-6-7-29(20)22;1-10(2)20-9-19-14-12(18)7-11(8-13(14)20)17-21-15(3,4)16(5,6)22-17;1-6(2)14-5-13-10-8(12)3-7(11)4-9(10)14;2*1-5(2)12-8-4-6(10)3-7(11)9(8)13(14)15;1-4-8-7(9-5-2)10-6-3;7-3-1-4(8)6(10(11)12)5(9)2-3;1-3(2)4;/h3-12H,1-2H3,(H2,25,28);7-10H,1-6H3;3-6H,1-2H3;2*3-5,12H,1-2H3;7H,4-6H2,1-3H3;1-2H;3H,4H2,1-2H3;1H4. The van der Waals surface area contributed by atoms with Crippen molar-refractivity contribution in [3.8, 4) is 22.5 Å². The maximum absolute atomic E-state index is 15.0. The van der Waals surface area contributed by atoms with Crippen molar-refractivity contribution in [3.63, 3.8) is 0 Å². The number of hydrogen-bond acceptors (Lipinski definition) is 20. The van der Waals surface area contributed by atoms with E-state index >= 15 is 4.39 Å². The number of nitrogen functional groups attached to an aromatic ring is 1. The summed E-state index contributed by atoms with van der Waals surface area (Å²) in [5, 5.41) is 37.0. The molecule has 0 amide bonds. The Morgan fingerprint density at radius 3 is 1.26 bits per heavy atom. The van der Waals surface area contributed by atoms with Gasteiger partial charge < -0.3 is 59.3 Å². The number of aromatic nitrogens is 9. The van der Waals surface area contributed by atoms with Gasteiger partial charge in [-0.2, -0.15) is 17.6 Å². The van der Waals surface area contributed by atoms with Crippen LogP contribution in [0, 0.1) is 76.9 Å². The van der Waals surface area contributed by atoms with Gasteiger partial charge >= 0.3 is 24.2 Å². The Labute approximate surface area is 741 Å². The fraction of sp³-hybridized carbons (Fsp3) is 0.386. The van der Waals surface area contributed by atoms with E-state index in [0.717, 1.165) is 39.8 Å². The van der Waals surface area contributed by atoms with E-state index in [-0.39, 0.29) is 70.9 Å². The van der Waals surface area contributed by atoms with Gasteiger partial charge in [0.2, 0.25) is 23.3 Å². The smallest absolute Gasteiger partial charge is 0.399 e. The van der Waals surface area contributed by atoms with Gasteiger partial charge in [-0.05, 0) is 214 Å². The van der Waals surface area contributed by atoms with E-state index in [9.17, 15) is 61.1 Å². The van der Waals surface area contributed by atoms with Crippen LogP contribution in [-0.2, 0) is 23.5 Å². The summed E-state index contributed by atoms with van der Waals surface area (Å²) < 4.78 is 145. The zero-order chi connectivity index (χ0) is 91.4. The topological polar surface area (TPSA) is 335 Å². The maximum atomic E-state index is 15.0. The Bertz CT molecular complexity index is 5470. The SMILES string of the molecule is C.CC(C)N.CC(C)Nc1cc(Br)cc(F)c1[N+](=O)[O-].CC(C)Nc1cc(Br)cc(F)c1[N+](=O)[O-].CC(C)n1cnc2c(F)cc(-c3c(-c4cccc(F)c4)nc(N)c4nccn34)cc21.CC(C)n1cnc2c(F)cc(B3OC(C)(C)C(C)(C)O3)cc21.CC(C)n1cnc2c(F)cc(Br)cc21.CCOC(OCC)OCC.O=[N+]([O-])c1c(F)cc(Br)cc1F. The van der Waals surface area contributed by atoms with Crippen molar-refractivity contribution >= 4 is 149 Å². The molecule has 0 radical (unpaired) electrons. The summed E-state index contributed by atoms with van der Waals surface area (Å²) in [5.41, 5.74) is 15.1. The fourth-order valence-electron chi connectivity index (χ4n) is 11.5. The summed E-state index contributed by atoms with van der Waals surface area (Å²) in [4.78, 5) is 50.0. The van der Waals surface area contributed by atoms with Crippen LogP contribution in [0.15, 0.2) is 146 Å². The second-order valence-electron chi connectivity index (χ2n) is 29.7. The molecule has 123 heavy (non-hydrogen) atoms. The van der Waals surface area contributed by atoms with Crippen LogP contribution in [-0.4, -0.2) is 121 Å². The number of nitro benzene ring substituents is 3. The van der Waals surface area contributed by atoms with Gasteiger partial charge in [-0.25, -0.2) is 42.5 Å². The fourth-order valence-corrected chi connectivity index (χ4v) is 13.2. The zero-order valence-electron chi connectivity index (χ0n) is 70.4. The number of anilines is 3. The molecule has 0 saturated carbocycles. The van der Waals surface area contributed by atoms with Crippen LogP contribution in [0.5, 0.6) is 0 Å². The van der Waals surface area contributed by atoms with Crippen molar-refractivity contribution in [1.29, 1.82) is 0 Å². The molecule has 13 rings (SSSR count). The van der Waals surface area contributed by atoms with E-state index in [1.807, 2.05) is 163 Å². The minimum Gasteiger partial charge on any atom is -0.399 e. The van der Waals surface area contributed by atoms with Crippen molar-refractivity contribution in [2.45, 2.75) is 193 Å². The van der Waals surface area contributed by atoms with E-state index in [1.54, 1.807) is 47.9 Å². The summed E-state index contributed by atoms with van der Waals surface area (Å²) in [6, 6.07) is 23.7. The number of imidazole rings is 4. The van der Waals surface area contributed by atoms with Crippen LogP contribution >= 0.6 is 63.7 Å². The number of nitrogens with zero attached hydrogens (tertiary/aromatic N) is 12. The molecule has 6 heterocycles. The Balaban J connectivity index is 0.000000261. The highest BCUT2D eigenvalue weighted by Crippen LogP contribution is 2.40. The molecule has 1 fully saturated rings. The van der Waals surface area contributed by atoms with Gasteiger partial charge in [-0.3, -0.25) is 34.7 Å². The van der Waals surface area contributed by atoms with Gasteiger partial charge in [-0.1, -0.05) is 97.1 Å². The van der Waals surface area contributed by atoms with Gasteiger partial charge in [0, 0.05) is 91.4 Å². The molecular weight excluding hydrogens is 1880 g/mol. The van der Waals surface area contributed by atoms with Gasteiger partial charge in [0.05, 0.1) is 72.9 Å². The average molecular weight is 1980 g/mol. The lowest BCUT2D eigenvalue weighted by atomic mass is 9.79. The largest absolute Gasteiger partial charge is 0.495 e. The number of nitrogens with one attached hydrogen (secondary N) is 2. The third kappa shape index (κ3) is 27.9. The van der Waals surface area contributed by atoms with E-state index in [1.165, 1.54) is 42.5 Å². The van der Waals surface area contributed by atoms with E-state index in [4.69, 9.17) is 35.0 Å². The first-order chi connectivity index (χ1) is 57.1. The number of nitrogens with two attached hydrogens (primary N) is 2. The molecule has 0 spiro atoms. The maximum Gasteiger partial charge on any atom is 0.495 e. The molecule has 0 bridgehead atoms. The molecule has 7 aromatic carbocycles. The number of ether oxygens (including phenoxy) is 3. The summed E-state index contributed by atoms with van der Waals surface area (Å²) >= 11 is 12.2. The van der Waals surface area contributed by atoms with Crippen LogP contribution in [0.25, 0.3) is 61.3 Å². The number of hydrogen-bond donors (Lipinski definition) is 4. The Morgan fingerprint density at radius 1 is 0.504 bits per heavy atom. The highest BCUT2D eigenvalue weighted by molar-refractivity contribution is 9.11. The lowest BCUT2D eigenvalue weighted by Crippen LogP contribution is -2.41. The number of rotatable bonds is 19. The van der Waals surface area contributed by atoms with Crippen molar-refractivity contribution in [3.05, 3.63) is 223 Å². The van der Waals surface area contributed by atoms with Crippen molar-refractivity contribution in [2.24, 2.45) is 5.73 Å². The molecule has 27 nitrogen and oxygen atoms in total. The summed E-state index contributed by atoms with van der Waals surface area (Å²) in [6.45, 7) is 38.4. The first-order valence-electron chi connectivity index (χ1n) is 38.2. The molecular formula is C83H101BBr4F8N16O11. The van der Waals surface area contributed by atoms with Crippen LogP contribution in [0.1, 0.15) is 157 Å². The number of fused-ring (bicyclic) bond motifs is 4. The van der Waals surface area contributed by atoms with E-state index in [2.05, 4.69) is 99.3 Å². The second-order valence-corrected chi connectivity index (χ2v) is 33.3. The summed E-state index contributed by atoms with van der Waals surface area (Å²) in [6.07, 6.45) is 8.30.